The molecule has 1 fully saturated rings. The number of benzene rings is 1. The number of likely N-dealkylation sites (N-methyl/N-ethyl adjacent to an activating group) is 1. The van der Waals surface area contributed by atoms with E-state index in [4.69, 9.17) is 9.47 Å². The molecule has 188 valence electrons. The van der Waals surface area contributed by atoms with Crippen molar-refractivity contribution in [2.45, 2.75) is 63.7 Å². The summed E-state index contributed by atoms with van der Waals surface area (Å²) in [6.07, 6.45) is 5.29. The Bertz CT molecular complexity index is 1120. The van der Waals surface area contributed by atoms with Crippen molar-refractivity contribution in [2.24, 2.45) is 0 Å². The number of carbonyl (C=O) groups excluding carboxylic acids is 3. The second-order valence-corrected chi connectivity index (χ2v) is 9.38. The first kappa shape index (κ1) is 24.6. The number of amides is 3. The van der Waals surface area contributed by atoms with Crippen LogP contribution in [0, 0.1) is 0 Å². The maximum absolute atomic E-state index is 13.2. The van der Waals surface area contributed by atoms with Gasteiger partial charge in [-0.3, -0.25) is 19.1 Å². The molecule has 1 atom stereocenters. The Kier molecular flexibility index (Phi) is 7.00. The monoisotopic (exact) mass is 483 g/mol. The minimum Gasteiger partial charge on any atom is -0.497 e. The number of carbonyl (C=O) groups is 3. The molecular formula is C25H33N5O5. The summed E-state index contributed by atoms with van der Waals surface area (Å²) in [5, 5.41) is 10.3. The van der Waals surface area contributed by atoms with E-state index >= 15 is 0 Å². The summed E-state index contributed by atoms with van der Waals surface area (Å²) in [5.74, 6) is 0.287. The van der Waals surface area contributed by atoms with Crippen LogP contribution in [0.1, 0.15) is 65.6 Å². The summed E-state index contributed by atoms with van der Waals surface area (Å²) in [6.45, 7) is 2.10. The van der Waals surface area contributed by atoms with Crippen LogP contribution in [0.2, 0.25) is 0 Å². The van der Waals surface area contributed by atoms with Crippen LogP contribution in [0.25, 0.3) is 0 Å². The van der Waals surface area contributed by atoms with Crippen molar-refractivity contribution < 1.29 is 23.9 Å². The zero-order valence-electron chi connectivity index (χ0n) is 20.7. The molecular weight excluding hydrogens is 450 g/mol. The third kappa shape index (κ3) is 4.82. The standard InChI is InChI=1S/C25H33N5O5/c1-25(24(33)27-17-8-6-5-7-9-17)15-30-20(23(32)29(25)2)13-19(28-30)22(31)26-14-16-12-18(34-3)10-11-21(16)35-4/h10-13,17H,5-9,14-15H2,1-4H3,(H,26,31)(H,27,33)/t25-/m0/s1. The Morgan fingerprint density at radius 2 is 1.89 bits per heavy atom. The average Bonchev–Trinajstić information content (AvgIpc) is 3.30. The molecule has 1 saturated carbocycles. The van der Waals surface area contributed by atoms with E-state index in [-0.39, 0.29) is 42.3 Å². The molecule has 0 unspecified atom stereocenters. The van der Waals surface area contributed by atoms with E-state index in [1.165, 1.54) is 22.1 Å². The predicted molar refractivity (Wildman–Crippen MR) is 128 cm³/mol. The molecule has 4 rings (SSSR count). The molecule has 2 aromatic rings. The number of nitrogens with zero attached hydrogens (tertiary/aromatic N) is 3. The van der Waals surface area contributed by atoms with Gasteiger partial charge in [-0.15, -0.1) is 0 Å². The molecule has 0 spiro atoms. The third-order valence-corrected chi connectivity index (χ3v) is 7.09. The van der Waals surface area contributed by atoms with Crippen LogP contribution >= 0.6 is 0 Å². The van der Waals surface area contributed by atoms with Gasteiger partial charge in [0.2, 0.25) is 5.91 Å². The van der Waals surface area contributed by atoms with Gasteiger partial charge in [-0.05, 0) is 38.0 Å². The maximum Gasteiger partial charge on any atom is 0.272 e. The molecule has 3 amide bonds. The van der Waals surface area contributed by atoms with Crippen LogP contribution in [-0.4, -0.2) is 65.2 Å². The molecule has 1 aliphatic heterocycles. The first-order chi connectivity index (χ1) is 16.8. The van der Waals surface area contributed by atoms with E-state index < -0.39 is 11.4 Å². The summed E-state index contributed by atoms with van der Waals surface area (Å²) >= 11 is 0. The average molecular weight is 484 g/mol. The number of methoxy groups -OCH3 is 2. The van der Waals surface area contributed by atoms with Gasteiger partial charge in [0.1, 0.15) is 22.7 Å². The summed E-state index contributed by atoms with van der Waals surface area (Å²) in [5.41, 5.74) is 0.0296. The highest BCUT2D eigenvalue weighted by Gasteiger charge is 2.46. The zero-order valence-corrected chi connectivity index (χ0v) is 20.7. The predicted octanol–water partition coefficient (Wildman–Crippen LogP) is 2.12. The van der Waals surface area contributed by atoms with E-state index in [2.05, 4.69) is 15.7 Å². The van der Waals surface area contributed by atoms with Gasteiger partial charge in [-0.2, -0.15) is 5.10 Å². The summed E-state index contributed by atoms with van der Waals surface area (Å²) in [6, 6.07) is 6.92. The Labute approximate surface area is 204 Å². The molecule has 10 nitrogen and oxygen atoms in total. The highest BCUT2D eigenvalue weighted by atomic mass is 16.5. The molecule has 1 aromatic heterocycles. The number of aromatic nitrogens is 2. The van der Waals surface area contributed by atoms with Gasteiger partial charge in [0.15, 0.2) is 5.69 Å². The first-order valence-electron chi connectivity index (χ1n) is 11.9. The van der Waals surface area contributed by atoms with Crippen LogP contribution in [0.3, 0.4) is 0 Å². The lowest BCUT2D eigenvalue weighted by Gasteiger charge is -2.41. The van der Waals surface area contributed by atoms with Crippen molar-refractivity contribution >= 4 is 17.7 Å². The smallest absolute Gasteiger partial charge is 0.272 e. The SMILES string of the molecule is COc1ccc(OC)c(CNC(=O)c2cc3n(n2)C[C@@](C)(C(=O)NC2CCCCC2)N(C)C3=O)c1. The summed E-state index contributed by atoms with van der Waals surface area (Å²) < 4.78 is 12.1. The van der Waals surface area contributed by atoms with Crippen molar-refractivity contribution in [2.75, 3.05) is 21.3 Å². The fourth-order valence-electron chi connectivity index (χ4n) is 4.71. The second kappa shape index (κ2) is 9.97. The Hall–Kier alpha value is -3.56. The molecule has 0 bridgehead atoms. The van der Waals surface area contributed by atoms with Crippen molar-refractivity contribution in [1.29, 1.82) is 0 Å². The minimum absolute atomic E-state index is 0.112. The van der Waals surface area contributed by atoms with E-state index in [9.17, 15) is 14.4 Å². The molecule has 35 heavy (non-hydrogen) atoms. The molecule has 10 heteroatoms. The number of ether oxygens (including phenoxy) is 2. The normalized spacial score (nSPS) is 20.2. The van der Waals surface area contributed by atoms with Crippen molar-refractivity contribution in [3.63, 3.8) is 0 Å². The Morgan fingerprint density at radius 3 is 2.57 bits per heavy atom. The second-order valence-electron chi connectivity index (χ2n) is 9.38. The van der Waals surface area contributed by atoms with E-state index in [0.29, 0.717) is 11.5 Å². The lowest BCUT2D eigenvalue weighted by Crippen LogP contribution is -2.63. The molecule has 1 aromatic carbocycles. The highest BCUT2D eigenvalue weighted by Crippen LogP contribution is 2.28. The lowest BCUT2D eigenvalue weighted by atomic mass is 9.92. The number of rotatable bonds is 7. The number of fused-ring (bicyclic) bond motifs is 1. The summed E-state index contributed by atoms with van der Waals surface area (Å²) in [7, 11) is 4.74. The zero-order chi connectivity index (χ0) is 25.2. The fourth-order valence-corrected chi connectivity index (χ4v) is 4.71. The Morgan fingerprint density at radius 1 is 1.14 bits per heavy atom. The van der Waals surface area contributed by atoms with Crippen LogP contribution in [0.5, 0.6) is 11.5 Å². The van der Waals surface area contributed by atoms with Crippen molar-refractivity contribution in [3.8, 4) is 11.5 Å². The highest BCUT2D eigenvalue weighted by molar-refractivity contribution is 6.01. The van der Waals surface area contributed by atoms with E-state index in [1.54, 1.807) is 46.4 Å². The minimum atomic E-state index is -1.10. The fraction of sp³-hybridized carbons (Fsp3) is 0.520. The lowest BCUT2D eigenvalue weighted by molar-refractivity contribution is -0.133. The van der Waals surface area contributed by atoms with E-state index in [0.717, 1.165) is 31.2 Å². The van der Waals surface area contributed by atoms with Gasteiger partial charge in [0.25, 0.3) is 11.8 Å². The van der Waals surface area contributed by atoms with Gasteiger partial charge in [-0.1, -0.05) is 19.3 Å². The molecule has 0 saturated heterocycles. The molecule has 0 radical (unpaired) electrons. The summed E-state index contributed by atoms with van der Waals surface area (Å²) in [4.78, 5) is 40.7. The molecule has 2 heterocycles. The molecule has 2 N–H and O–H groups in total. The van der Waals surface area contributed by atoms with Crippen LogP contribution in [0.4, 0.5) is 0 Å². The van der Waals surface area contributed by atoms with Crippen LogP contribution in [-0.2, 0) is 17.9 Å². The first-order valence-corrected chi connectivity index (χ1v) is 11.9. The van der Waals surface area contributed by atoms with Crippen molar-refractivity contribution in [3.05, 3.63) is 41.2 Å². The van der Waals surface area contributed by atoms with E-state index in [1.807, 2.05) is 0 Å². The number of hydrogen-bond donors (Lipinski definition) is 2. The van der Waals surface area contributed by atoms with Gasteiger partial charge < -0.3 is 25.0 Å². The quantitative estimate of drug-likeness (QED) is 0.624. The largest absolute Gasteiger partial charge is 0.497 e. The third-order valence-electron chi connectivity index (χ3n) is 7.09. The van der Waals surface area contributed by atoms with Gasteiger partial charge in [-0.25, -0.2) is 0 Å². The topological polar surface area (TPSA) is 115 Å². The van der Waals surface area contributed by atoms with Gasteiger partial charge >= 0.3 is 0 Å². The number of hydrogen-bond acceptors (Lipinski definition) is 6. The number of nitrogens with one attached hydrogen (secondary N) is 2. The van der Waals surface area contributed by atoms with Gasteiger partial charge in [0.05, 0.1) is 20.8 Å². The molecule has 2 aliphatic rings. The van der Waals surface area contributed by atoms with Crippen LogP contribution < -0.4 is 20.1 Å². The van der Waals surface area contributed by atoms with Gasteiger partial charge in [0, 0.05) is 31.3 Å². The molecule has 1 aliphatic carbocycles. The van der Waals surface area contributed by atoms with Crippen LogP contribution in [0.15, 0.2) is 24.3 Å². The maximum atomic E-state index is 13.2. The Balaban J connectivity index is 1.48. The van der Waals surface area contributed by atoms with Crippen molar-refractivity contribution in [1.82, 2.24) is 25.3 Å².